The summed E-state index contributed by atoms with van der Waals surface area (Å²) >= 11 is 6.04. The first kappa shape index (κ1) is 9.75. The van der Waals surface area contributed by atoms with Crippen molar-refractivity contribution in [3.63, 3.8) is 0 Å². The minimum absolute atomic E-state index is 0.171. The lowest BCUT2D eigenvalue weighted by atomic mass is 10.3. The summed E-state index contributed by atoms with van der Waals surface area (Å²) in [5, 5.41) is 14.1. The van der Waals surface area contributed by atoms with E-state index in [0.29, 0.717) is 10.7 Å². The molecular weight excluding hydrogens is 286 g/mol. The van der Waals surface area contributed by atoms with Gasteiger partial charge >= 0.3 is 0 Å². The molecule has 0 radical (unpaired) electrons. The van der Waals surface area contributed by atoms with E-state index in [0.717, 1.165) is 4.47 Å². The van der Waals surface area contributed by atoms with Crippen LogP contribution in [0.1, 0.15) is 10.4 Å². The molecule has 0 aliphatic carbocycles. The zero-order valence-corrected chi connectivity index (χ0v) is 9.95. The SMILES string of the molecule is O=C(Nc1nncs1)c1cscc1Br. The molecule has 1 N–H and O–H groups in total. The van der Waals surface area contributed by atoms with Crippen LogP contribution in [0.4, 0.5) is 5.13 Å². The van der Waals surface area contributed by atoms with Crippen LogP contribution in [-0.2, 0) is 0 Å². The number of halogens is 1. The average Bonchev–Trinajstić information content (AvgIpc) is 2.75. The minimum Gasteiger partial charge on any atom is -0.296 e. The first-order valence-electron chi connectivity index (χ1n) is 3.56. The minimum atomic E-state index is -0.171. The summed E-state index contributed by atoms with van der Waals surface area (Å²) < 4.78 is 0.796. The van der Waals surface area contributed by atoms with Crippen molar-refractivity contribution in [1.82, 2.24) is 10.2 Å². The molecule has 14 heavy (non-hydrogen) atoms. The largest absolute Gasteiger partial charge is 0.296 e. The van der Waals surface area contributed by atoms with Crippen LogP contribution in [0.15, 0.2) is 20.7 Å². The van der Waals surface area contributed by atoms with Gasteiger partial charge in [-0.1, -0.05) is 11.3 Å². The van der Waals surface area contributed by atoms with E-state index in [9.17, 15) is 4.79 Å². The van der Waals surface area contributed by atoms with Gasteiger partial charge in [0.2, 0.25) is 5.13 Å². The molecule has 0 saturated carbocycles. The van der Waals surface area contributed by atoms with Gasteiger partial charge in [-0.3, -0.25) is 10.1 Å². The molecule has 0 spiro atoms. The molecule has 0 aliphatic rings. The van der Waals surface area contributed by atoms with Crippen LogP contribution in [0, 0.1) is 0 Å². The van der Waals surface area contributed by atoms with Crippen LogP contribution in [-0.4, -0.2) is 16.1 Å². The van der Waals surface area contributed by atoms with Gasteiger partial charge in [0.25, 0.3) is 5.91 Å². The van der Waals surface area contributed by atoms with Crippen molar-refractivity contribution < 1.29 is 4.79 Å². The van der Waals surface area contributed by atoms with E-state index in [1.54, 1.807) is 10.9 Å². The Kier molecular flexibility index (Phi) is 2.90. The molecule has 0 saturated heterocycles. The van der Waals surface area contributed by atoms with Crippen molar-refractivity contribution >= 4 is 49.6 Å². The van der Waals surface area contributed by atoms with Gasteiger partial charge in [0.05, 0.1) is 5.56 Å². The second-order valence-corrected chi connectivity index (χ2v) is 4.76. The Morgan fingerprint density at radius 3 is 2.93 bits per heavy atom. The van der Waals surface area contributed by atoms with Gasteiger partial charge in [0, 0.05) is 15.2 Å². The normalized spacial score (nSPS) is 10.1. The topological polar surface area (TPSA) is 54.9 Å². The Morgan fingerprint density at radius 1 is 1.50 bits per heavy atom. The molecule has 2 rings (SSSR count). The maximum atomic E-state index is 11.6. The number of rotatable bonds is 2. The Balaban J connectivity index is 2.14. The summed E-state index contributed by atoms with van der Waals surface area (Å²) in [4.78, 5) is 11.6. The number of anilines is 1. The van der Waals surface area contributed by atoms with Gasteiger partial charge < -0.3 is 0 Å². The predicted octanol–water partition coefficient (Wildman–Crippen LogP) is 2.61. The fourth-order valence-corrected chi connectivity index (χ4v) is 2.73. The molecule has 0 bridgehead atoms. The van der Waals surface area contributed by atoms with Gasteiger partial charge in [-0.05, 0) is 15.9 Å². The lowest BCUT2D eigenvalue weighted by Gasteiger charge is -1.98. The lowest BCUT2D eigenvalue weighted by Crippen LogP contribution is -2.11. The number of carbonyl (C=O) groups excluding carboxylic acids is 1. The highest BCUT2D eigenvalue weighted by molar-refractivity contribution is 9.10. The zero-order valence-electron chi connectivity index (χ0n) is 6.73. The number of aromatic nitrogens is 2. The van der Waals surface area contributed by atoms with E-state index >= 15 is 0 Å². The van der Waals surface area contributed by atoms with E-state index in [1.807, 2.05) is 5.38 Å². The lowest BCUT2D eigenvalue weighted by molar-refractivity contribution is 0.102. The van der Waals surface area contributed by atoms with Crippen LogP contribution in [0.5, 0.6) is 0 Å². The van der Waals surface area contributed by atoms with Gasteiger partial charge in [-0.25, -0.2) is 0 Å². The summed E-state index contributed by atoms with van der Waals surface area (Å²) in [6.45, 7) is 0. The first-order chi connectivity index (χ1) is 6.77. The number of thiophene rings is 1. The molecule has 72 valence electrons. The molecule has 0 atom stereocenters. The zero-order chi connectivity index (χ0) is 9.97. The van der Waals surface area contributed by atoms with E-state index in [-0.39, 0.29) is 5.91 Å². The van der Waals surface area contributed by atoms with Crippen LogP contribution in [0.25, 0.3) is 0 Å². The van der Waals surface area contributed by atoms with E-state index in [2.05, 4.69) is 31.4 Å². The van der Waals surface area contributed by atoms with Crippen molar-refractivity contribution in [1.29, 1.82) is 0 Å². The van der Waals surface area contributed by atoms with E-state index < -0.39 is 0 Å². The highest BCUT2D eigenvalue weighted by Crippen LogP contribution is 2.22. The van der Waals surface area contributed by atoms with Crippen LogP contribution in [0.3, 0.4) is 0 Å². The number of nitrogens with zero attached hydrogens (tertiary/aromatic N) is 2. The van der Waals surface area contributed by atoms with E-state index in [1.165, 1.54) is 22.7 Å². The average molecular weight is 290 g/mol. The quantitative estimate of drug-likeness (QED) is 0.925. The molecule has 2 heterocycles. The van der Waals surface area contributed by atoms with Crippen molar-refractivity contribution in [2.24, 2.45) is 0 Å². The van der Waals surface area contributed by atoms with Crippen molar-refractivity contribution in [2.75, 3.05) is 5.32 Å². The number of amides is 1. The Bertz CT molecular complexity index is 439. The molecule has 0 aliphatic heterocycles. The highest BCUT2D eigenvalue weighted by atomic mass is 79.9. The summed E-state index contributed by atoms with van der Waals surface area (Å²) in [5.74, 6) is -0.171. The van der Waals surface area contributed by atoms with Crippen molar-refractivity contribution in [2.45, 2.75) is 0 Å². The second kappa shape index (κ2) is 4.16. The third kappa shape index (κ3) is 1.99. The van der Waals surface area contributed by atoms with Crippen LogP contribution < -0.4 is 5.32 Å². The molecule has 2 aromatic heterocycles. The highest BCUT2D eigenvalue weighted by Gasteiger charge is 2.11. The Hall–Kier alpha value is -0.790. The molecule has 0 fully saturated rings. The Morgan fingerprint density at radius 2 is 2.36 bits per heavy atom. The van der Waals surface area contributed by atoms with E-state index in [4.69, 9.17) is 0 Å². The predicted molar refractivity (Wildman–Crippen MR) is 59.9 cm³/mol. The fourth-order valence-electron chi connectivity index (χ4n) is 0.836. The summed E-state index contributed by atoms with van der Waals surface area (Å²) in [7, 11) is 0. The van der Waals surface area contributed by atoms with Gasteiger partial charge in [0.1, 0.15) is 5.51 Å². The third-order valence-electron chi connectivity index (χ3n) is 1.44. The molecule has 4 nitrogen and oxygen atoms in total. The molecule has 2 aromatic rings. The van der Waals surface area contributed by atoms with Crippen molar-refractivity contribution in [3.05, 3.63) is 26.3 Å². The fraction of sp³-hybridized carbons (Fsp3) is 0. The maximum absolute atomic E-state index is 11.6. The molecule has 0 unspecified atom stereocenters. The van der Waals surface area contributed by atoms with Crippen LogP contribution >= 0.6 is 38.6 Å². The number of hydrogen-bond donors (Lipinski definition) is 1. The number of carbonyl (C=O) groups is 1. The summed E-state index contributed by atoms with van der Waals surface area (Å²) in [6.07, 6.45) is 0. The third-order valence-corrected chi connectivity index (χ3v) is 3.75. The standard InChI is InChI=1S/C7H4BrN3OS2/c8-5-2-13-1-4(5)6(12)10-7-11-9-3-14-7/h1-3H,(H,10,11,12). The molecule has 0 aromatic carbocycles. The summed E-state index contributed by atoms with van der Waals surface area (Å²) in [5.41, 5.74) is 2.18. The molecule has 7 heteroatoms. The first-order valence-corrected chi connectivity index (χ1v) is 6.18. The summed E-state index contributed by atoms with van der Waals surface area (Å²) in [6, 6.07) is 0. The van der Waals surface area contributed by atoms with Gasteiger partial charge in [-0.2, -0.15) is 11.3 Å². The monoisotopic (exact) mass is 289 g/mol. The number of hydrogen-bond acceptors (Lipinski definition) is 5. The van der Waals surface area contributed by atoms with Crippen LogP contribution in [0.2, 0.25) is 0 Å². The molecular formula is C7H4BrN3OS2. The second-order valence-electron chi connectivity index (χ2n) is 2.33. The molecule has 1 amide bonds. The Labute approximate surface area is 96.1 Å². The van der Waals surface area contributed by atoms with Gasteiger partial charge in [0.15, 0.2) is 0 Å². The van der Waals surface area contributed by atoms with Gasteiger partial charge in [-0.15, -0.1) is 10.2 Å². The van der Waals surface area contributed by atoms with Crippen molar-refractivity contribution in [3.8, 4) is 0 Å². The smallest absolute Gasteiger partial charge is 0.259 e. The maximum Gasteiger partial charge on any atom is 0.259 e. The number of nitrogens with one attached hydrogen (secondary N) is 1.